The molecule has 0 spiro atoms. The van der Waals surface area contributed by atoms with Crippen LogP contribution in [0.4, 0.5) is 5.69 Å². The SMILES string of the molecule is O=C(CCC1CCC[N]C1)Nc1cccc2c1CCCC2. The smallest absolute Gasteiger partial charge is 0.224 e. The molecular weight excluding hydrogens is 260 g/mol. The quantitative estimate of drug-likeness (QED) is 0.906. The minimum Gasteiger partial charge on any atom is -0.326 e. The van der Waals surface area contributed by atoms with Crippen molar-refractivity contribution in [2.24, 2.45) is 5.92 Å². The van der Waals surface area contributed by atoms with E-state index in [4.69, 9.17) is 0 Å². The molecule has 1 atom stereocenters. The first kappa shape index (κ1) is 14.6. The molecule has 1 fully saturated rings. The second kappa shape index (κ2) is 7.08. The lowest BCUT2D eigenvalue weighted by Gasteiger charge is -2.22. The van der Waals surface area contributed by atoms with Crippen molar-refractivity contribution >= 4 is 11.6 Å². The van der Waals surface area contributed by atoms with Gasteiger partial charge in [-0.2, -0.15) is 0 Å². The molecule has 0 bridgehead atoms. The van der Waals surface area contributed by atoms with Crippen LogP contribution in [-0.2, 0) is 17.6 Å². The molecule has 3 heteroatoms. The fourth-order valence-electron chi connectivity index (χ4n) is 3.54. The highest BCUT2D eigenvalue weighted by Gasteiger charge is 2.17. The Kier molecular flexibility index (Phi) is 4.91. The lowest BCUT2D eigenvalue weighted by Crippen LogP contribution is -2.25. The summed E-state index contributed by atoms with van der Waals surface area (Å²) in [5.41, 5.74) is 3.83. The Morgan fingerprint density at radius 3 is 3.00 bits per heavy atom. The maximum Gasteiger partial charge on any atom is 0.224 e. The van der Waals surface area contributed by atoms with E-state index in [2.05, 4.69) is 28.8 Å². The topological polar surface area (TPSA) is 43.2 Å². The van der Waals surface area contributed by atoms with E-state index in [1.165, 1.54) is 36.8 Å². The molecule has 1 amide bonds. The third-order valence-corrected chi connectivity index (χ3v) is 4.77. The lowest BCUT2D eigenvalue weighted by molar-refractivity contribution is -0.116. The average molecular weight is 285 g/mol. The molecule has 1 aliphatic carbocycles. The van der Waals surface area contributed by atoms with Gasteiger partial charge in [0.1, 0.15) is 0 Å². The first-order valence-corrected chi connectivity index (χ1v) is 8.37. The highest BCUT2D eigenvalue weighted by Crippen LogP contribution is 2.28. The highest BCUT2D eigenvalue weighted by atomic mass is 16.1. The van der Waals surface area contributed by atoms with Crippen LogP contribution in [0, 0.1) is 5.92 Å². The number of anilines is 1. The third kappa shape index (κ3) is 3.85. The van der Waals surface area contributed by atoms with Gasteiger partial charge in [-0.15, -0.1) is 0 Å². The van der Waals surface area contributed by atoms with Crippen LogP contribution in [0.15, 0.2) is 18.2 Å². The molecule has 1 saturated heterocycles. The van der Waals surface area contributed by atoms with Crippen molar-refractivity contribution in [1.29, 1.82) is 0 Å². The molecule has 1 aromatic carbocycles. The number of nitrogens with one attached hydrogen (secondary N) is 1. The molecule has 1 heterocycles. The predicted molar refractivity (Wildman–Crippen MR) is 85.5 cm³/mol. The number of rotatable bonds is 4. The zero-order chi connectivity index (χ0) is 14.5. The molecule has 0 saturated carbocycles. The van der Waals surface area contributed by atoms with Gasteiger partial charge in [-0.3, -0.25) is 4.79 Å². The van der Waals surface area contributed by atoms with Crippen LogP contribution in [0.5, 0.6) is 0 Å². The zero-order valence-electron chi connectivity index (χ0n) is 12.7. The Morgan fingerprint density at radius 2 is 2.14 bits per heavy atom. The van der Waals surface area contributed by atoms with Crippen LogP contribution in [-0.4, -0.2) is 19.0 Å². The second-order valence-corrected chi connectivity index (χ2v) is 6.38. The van der Waals surface area contributed by atoms with Gasteiger partial charge in [0, 0.05) is 25.2 Å². The number of piperidine rings is 1. The van der Waals surface area contributed by atoms with Gasteiger partial charge in [0.05, 0.1) is 0 Å². The Balaban J connectivity index is 1.55. The summed E-state index contributed by atoms with van der Waals surface area (Å²) in [6, 6.07) is 6.32. The zero-order valence-corrected chi connectivity index (χ0v) is 12.7. The molecule has 1 radical (unpaired) electrons. The number of amides is 1. The van der Waals surface area contributed by atoms with Gasteiger partial charge < -0.3 is 5.32 Å². The normalized spacial score (nSPS) is 21.6. The maximum absolute atomic E-state index is 12.2. The standard InChI is InChI=1S/C18H25N2O/c21-18(11-10-14-5-4-12-19-13-14)20-17-9-3-7-15-6-1-2-8-16(15)17/h3,7,9,14H,1-2,4-6,8,10-13H2,(H,20,21). The minimum atomic E-state index is 0.166. The van der Waals surface area contributed by atoms with Crippen molar-refractivity contribution in [2.45, 2.75) is 51.4 Å². The Hall–Kier alpha value is -1.35. The number of carbonyl (C=O) groups is 1. The van der Waals surface area contributed by atoms with E-state index in [0.29, 0.717) is 12.3 Å². The van der Waals surface area contributed by atoms with Gasteiger partial charge in [0.25, 0.3) is 0 Å². The monoisotopic (exact) mass is 285 g/mol. The minimum absolute atomic E-state index is 0.166. The van der Waals surface area contributed by atoms with Crippen LogP contribution in [0.2, 0.25) is 0 Å². The summed E-state index contributed by atoms with van der Waals surface area (Å²) < 4.78 is 0. The van der Waals surface area contributed by atoms with Gasteiger partial charge in [-0.1, -0.05) is 12.1 Å². The first-order chi connectivity index (χ1) is 10.3. The number of hydrogen-bond donors (Lipinski definition) is 1. The van der Waals surface area contributed by atoms with Crippen molar-refractivity contribution in [3.8, 4) is 0 Å². The molecule has 1 aliphatic heterocycles. The molecule has 0 aromatic heterocycles. The third-order valence-electron chi connectivity index (χ3n) is 4.77. The van der Waals surface area contributed by atoms with Crippen LogP contribution in [0.25, 0.3) is 0 Å². The maximum atomic E-state index is 12.2. The van der Waals surface area contributed by atoms with Gasteiger partial charge in [0.2, 0.25) is 5.91 Å². The molecule has 3 nitrogen and oxygen atoms in total. The van der Waals surface area contributed by atoms with E-state index in [-0.39, 0.29) is 5.91 Å². The van der Waals surface area contributed by atoms with E-state index in [1.54, 1.807) is 0 Å². The molecule has 21 heavy (non-hydrogen) atoms. The Bertz CT molecular complexity index is 492. The van der Waals surface area contributed by atoms with E-state index in [0.717, 1.165) is 38.0 Å². The van der Waals surface area contributed by atoms with Crippen molar-refractivity contribution in [3.63, 3.8) is 0 Å². The van der Waals surface area contributed by atoms with Crippen molar-refractivity contribution in [2.75, 3.05) is 18.4 Å². The van der Waals surface area contributed by atoms with E-state index >= 15 is 0 Å². The fraction of sp³-hybridized carbons (Fsp3) is 0.611. The van der Waals surface area contributed by atoms with E-state index < -0.39 is 0 Å². The molecule has 1 N–H and O–H groups in total. The number of fused-ring (bicyclic) bond motifs is 1. The highest BCUT2D eigenvalue weighted by molar-refractivity contribution is 5.91. The summed E-state index contributed by atoms with van der Waals surface area (Å²) in [5.74, 6) is 0.786. The second-order valence-electron chi connectivity index (χ2n) is 6.38. The predicted octanol–water partition coefficient (Wildman–Crippen LogP) is 3.30. The number of nitrogens with zero attached hydrogens (tertiary/aromatic N) is 1. The van der Waals surface area contributed by atoms with Crippen LogP contribution < -0.4 is 10.6 Å². The number of hydrogen-bond acceptors (Lipinski definition) is 1. The first-order valence-electron chi connectivity index (χ1n) is 8.37. The summed E-state index contributed by atoms with van der Waals surface area (Å²) in [4.78, 5) is 12.2. The van der Waals surface area contributed by atoms with Crippen molar-refractivity contribution in [3.05, 3.63) is 29.3 Å². The summed E-state index contributed by atoms with van der Waals surface area (Å²) in [6.07, 6.45) is 8.80. The van der Waals surface area contributed by atoms with Crippen molar-refractivity contribution in [1.82, 2.24) is 5.32 Å². The molecule has 1 aromatic rings. The molecule has 3 rings (SSSR count). The fourth-order valence-corrected chi connectivity index (χ4v) is 3.54. The number of carbonyl (C=O) groups excluding carboxylic acids is 1. The largest absolute Gasteiger partial charge is 0.326 e. The van der Waals surface area contributed by atoms with Crippen LogP contribution in [0.1, 0.15) is 49.7 Å². The number of aryl methyl sites for hydroxylation is 1. The molecule has 1 unspecified atom stereocenters. The summed E-state index contributed by atoms with van der Waals surface area (Å²) >= 11 is 0. The average Bonchev–Trinajstić information content (AvgIpc) is 2.54. The molecule has 2 aliphatic rings. The van der Waals surface area contributed by atoms with Gasteiger partial charge in [-0.25, -0.2) is 5.32 Å². The van der Waals surface area contributed by atoms with Crippen molar-refractivity contribution < 1.29 is 4.79 Å². The van der Waals surface area contributed by atoms with Gasteiger partial charge >= 0.3 is 0 Å². The summed E-state index contributed by atoms with van der Waals surface area (Å²) in [5, 5.41) is 7.59. The molecular formula is C18H25N2O. The summed E-state index contributed by atoms with van der Waals surface area (Å²) in [7, 11) is 0. The number of benzene rings is 1. The molecule has 113 valence electrons. The van der Waals surface area contributed by atoms with Gasteiger partial charge in [-0.05, 0) is 68.1 Å². The van der Waals surface area contributed by atoms with Crippen LogP contribution >= 0.6 is 0 Å². The van der Waals surface area contributed by atoms with Gasteiger partial charge in [0.15, 0.2) is 0 Å². The lowest BCUT2D eigenvalue weighted by atomic mass is 9.90. The Labute approximate surface area is 127 Å². The van der Waals surface area contributed by atoms with E-state index in [9.17, 15) is 4.79 Å². The van der Waals surface area contributed by atoms with E-state index in [1.807, 2.05) is 0 Å². The van der Waals surface area contributed by atoms with Crippen LogP contribution in [0.3, 0.4) is 0 Å². The Morgan fingerprint density at radius 1 is 1.24 bits per heavy atom. The summed E-state index contributed by atoms with van der Waals surface area (Å²) in [6.45, 7) is 1.97.